The highest BCUT2D eigenvalue weighted by Crippen LogP contribution is 2.23. The van der Waals surface area contributed by atoms with Crippen LogP contribution in [0.2, 0.25) is 0 Å². The van der Waals surface area contributed by atoms with E-state index in [2.05, 4.69) is 0 Å². The number of rotatable bonds is 4. The average Bonchev–Trinajstić information content (AvgIpc) is 2.95. The second kappa shape index (κ2) is 9.20. The van der Waals surface area contributed by atoms with Crippen LogP contribution in [0.15, 0.2) is 24.3 Å². The molecule has 2 fully saturated rings. The first-order valence-corrected chi connectivity index (χ1v) is 10.1. The van der Waals surface area contributed by atoms with Crippen molar-refractivity contribution in [2.45, 2.75) is 51.5 Å². The molecule has 2 aliphatic rings. The van der Waals surface area contributed by atoms with Crippen molar-refractivity contribution in [3.8, 4) is 0 Å². The molecule has 1 heterocycles. The first-order valence-electron chi connectivity index (χ1n) is 10.1. The third kappa shape index (κ3) is 4.99. The number of amides is 2. The van der Waals surface area contributed by atoms with Crippen LogP contribution in [0.1, 0.15) is 45.4 Å². The minimum atomic E-state index is -0.228. The molecule has 0 unspecified atom stereocenters. The third-order valence-corrected chi connectivity index (χ3v) is 5.80. The number of para-hydroxylation sites is 1. The first-order chi connectivity index (χ1) is 13.1. The van der Waals surface area contributed by atoms with Crippen LogP contribution in [0.5, 0.6) is 0 Å². The van der Waals surface area contributed by atoms with E-state index in [4.69, 9.17) is 0 Å². The Morgan fingerprint density at radius 3 is 2.26 bits per heavy atom. The molecule has 0 atom stereocenters. The van der Waals surface area contributed by atoms with Crippen molar-refractivity contribution in [1.29, 1.82) is 0 Å². The van der Waals surface area contributed by atoms with Gasteiger partial charge in [0.1, 0.15) is 5.82 Å². The van der Waals surface area contributed by atoms with Crippen molar-refractivity contribution in [2.75, 3.05) is 37.6 Å². The maximum Gasteiger partial charge on any atom is 0.242 e. The third-order valence-electron chi connectivity index (χ3n) is 5.80. The van der Waals surface area contributed by atoms with Gasteiger partial charge in [0.25, 0.3) is 0 Å². The smallest absolute Gasteiger partial charge is 0.242 e. The first kappa shape index (κ1) is 19.6. The van der Waals surface area contributed by atoms with Gasteiger partial charge in [-0.15, -0.1) is 0 Å². The molecule has 148 valence electrons. The quantitative estimate of drug-likeness (QED) is 0.760. The largest absolute Gasteiger partial charge is 0.366 e. The molecule has 27 heavy (non-hydrogen) atoms. The maximum atomic E-state index is 14.0. The Labute approximate surface area is 161 Å². The molecule has 1 aromatic rings. The van der Waals surface area contributed by atoms with Gasteiger partial charge in [-0.05, 0) is 25.0 Å². The molecule has 0 N–H and O–H groups in total. The van der Waals surface area contributed by atoms with Gasteiger partial charge in [-0.1, -0.05) is 37.8 Å². The van der Waals surface area contributed by atoms with Gasteiger partial charge in [0.2, 0.25) is 11.8 Å². The summed E-state index contributed by atoms with van der Waals surface area (Å²) in [5.41, 5.74) is 0.591. The van der Waals surface area contributed by atoms with Crippen LogP contribution < -0.4 is 4.90 Å². The maximum absolute atomic E-state index is 14.0. The number of benzene rings is 1. The second-order valence-corrected chi connectivity index (χ2v) is 7.61. The van der Waals surface area contributed by atoms with E-state index in [0.717, 1.165) is 25.7 Å². The molecular formula is C21H30FN3O2. The molecule has 0 radical (unpaired) electrons. The summed E-state index contributed by atoms with van der Waals surface area (Å²) >= 11 is 0. The van der Waals surface area contributed by atoms with E-state index >= 15 is 0 Å². The Morgan fingerprint density at radius 2 is 1.67 bits per heavy atom. The zero-order valence-electron chi connectivity index (χ0n) is 16.2. The zero-order chi connectivity index (χ0) is 19.2. The summed E-state index contributed by atoms with van der Waals surface area (Å²) in [6.07, 6.45) is 6.68. The van der Waals surface area contributed by atoms with Crippen LogP contribution >= 0.6 is 0 Å². The summed E-state index contributed by atoms with van der Waals surface area (Å²) in [7, 11) is 0. The molecule has 2 amide bonds. The van der Waals surface area contributed by atoms with E-state index in [-0.39, 0.29) is 30.2 Å². The predicted octanol–water partition coefficient (Wildman–Crippen LogP) is 3.05. The fraction of sp³-hybridized carbons (Fsp3) is 0.619. The lowest BCUT2D eigenvalue weighted by atomic mass is 10.1. The summed E-state index contributed by atoms with van der Waals surface area (Å²) in [5, 5.41) is 0. The molecule has 0 spiro atoms. The number of carbonyl (C=O) groups is 2. The number of nitrogens with zero attached hydrogens (tertiary/aromatic N) is 3. The van der Waals surface area contributed by atoms with E-state index in [1.165, 1.54) is 18.9 Å². The number of carbonyl (C=O) groups excluding carboxylic acids is 2. The molecule has 6 heteroatoms. The number of halogens is 1. The summed E-state index contributed by atoms with van der Waals surface area (Å²) in [5.74, 6) is -0.240. The molecule has 1 aliphatic carbocycles. The molecular weight excluding hydrogens is 345 g/mol. The summed E-state index contributed by atoms with van der Waals surface area (Å²) in [6.45, 7) is 4.06. The molecule has 1 saturated heterocycles. The van der Waals surface area contributed by atoms with Crippen molar-refractivity contribution < 1.29 is 14.0 Å². The van der Waals surface area contributed by atoms with Crippen LogP contribution in [-0.2, 0) is 9.59 Å². The molecule has 0 aromatic heterocycles. The molecule has 1 aromatic carbocycles. The Kier molecular flexibility index (Phi) is 6.69. The highest BCUT2D eigenvalue weighted by atomic mass is 19.1. The van der Waals surface area contributed by atoms with Crippen molar-refractivity contribution in [1.82, 2.24) is 9.80 Å². The number of piperazine rings is 1. The fourth-order valence-corrected chi connectivity index (χ4v) is 4.22. The van der Waals surface area contributed by atoms with Crippen LogP contribution in [0.4, 0.5) is 10.1 Å². The fourth-order valence-electron chi connectivity index (χ4n) is 4.22. The Balaban J connectivity index is 1.56. The second-order valence-electron chi connectivity index (χ2n) is 7.61. The van der Waals surface area contributed by atoms with Gasteiger partial charge in [-0.2, -0.15) is 0 Å². The van der Waals surface area contributed by atoms with Crippen molar-refractivity contribution in [2.24, 2.45) is 0 Å². The molecule has 1 aliphatic heterocycles. The number of anilines is 1. The monoisotopic (exact) mass is 375 g/mol. The van der Waals surface area contributed by atoms with Gasteiger partial charge in [0.05, 0.1) is 12.2 Å². The van der Waals surface area contributed by atoms with Crippen LogP contribution in [0, 0.1) is 5.82 Å². The Morgan fingerprint density at radius 1 is 1.04 bits per heavy atom. The van der Waals surface area contributed by atoms with Gasteiger partial charge in [0, 0.05) is 39.1 Å². The van der Waals surface area contributed by atoms with Gasteiger partial charge in [0.15, 0.2) is 0 Å². The normalized spacial score (nSPS) is 18.9. The lowest BCUT2D eigenvalue weighted by molar-refractivity contribution is -0.141. The Bertz CT molecular complexity index is 651. The van der Waals surface area contributed by atoms with Crippen LogP contribution in [-0.4, -0.2) is 60.4 Å². The van der Waals surface area contributed by atoms with Crippen molar-refractivity contribution in [3.05, 3.63) is 30.1 Å². The Hall–Kier alpha value is -2.11. The lowest BCUT2D eigenvalue weighted by Crippen LogP contribution is -2.53. The molecule has 0 bridgehead atoms. The van der Waals surface area contributed by atoms with Crippen LogP contribution in [0.25, 0.3) is 0 Å². The predicted molar refractivity (Wildman–Crippen MR) is 104 cm³/mol. The van der Waals surface area contributed by atoms with Crippen molar-refractivity contribution >= 4 is 17.5 Å². The summed E-state index contributed by atoms with van der Waals surface area (Å²) in [4.78, 5) is 30.5. The minimum absolute atomic E-state index is 0.00244. The average molecular weight is 375 g/mol. The standard InChI is InChI=1S/C21H30FN3O2/c1-17(26)25(18-8-4-2-3-5-9-18)16-21(27)24-14-12-23(13-15-24)20-11-7-6-10-19(20)22/h6-7,10-11,18H,2-5,8-9,12-16H2,1H3. The summed E-state index contributed by atoms with van der Waals surface area (Å²) < 4.78 is 14.0. The summed E-state index contributed by atoms with van der Waals surface area (Å²) in [6, 6.07) is 6.94. The highest BCUT2D eigenvalue weighted by Gasteiger charge is 2.28. The minimum Gasteiger partial charge on any atom is -0.366 e. The number of hydrogen-bond acceptors (Lipinski definition) is 3. The van der Waals surface area contributed by atoms with E-state index < -0.39 is 0 Å². The van der Waals surface area contributed by atoms with Crippen molar-refractivity contribution in [3.63, 3.8) is 0 Å². The van der Waals surface area contributed by atoms with E-state index in [0.29, 0.717) is 31.9 Å². The van der Waals surface area contributed by atoms with E-state index in [1.807, 2.05) is 15.9 Å². The molecule has 5 nitrogen and oxygen atoms in total. The van der Waals surface area contributed by atoms with E-state index in [9.17, 15) is 14.0 Å². The lowest BCUT2D eigenvalue weighted by Gasteiger charge is -2.38. The van der Waals surface area contributed by atoms with Gasteiger partial charge in [-0.25, -0.2) is 4.39 Å². The topological polar surface area (TPSA) is 43.9 Å². The van der Waals surface area contributed by atoms with Gasteiger partial charge < -0.3 is 14.7 Å². The molecule has 1 saturated carbocycles. The van der Waals surface area contributed by atoms with E-state index in [1.54, 1.807) is 24.0 Å². The molecule has 3 rings (SSSR count). The highest BCUT2D eigenvalue weighted by molar-refractivity contribution is 5.84. The van der Waals surface area contributed by atoms with Gasteiger partial charge >= 0.3 is 0 Å². The zero-order valence-corrected chi connectivity index (χ0v) is 16.2. The van der Waals surface area contributed by atoms with Crippen LogP contribution in [0.3, 0.4) is 0 Å². The SMILES string of the molecule is CC(=O)N(CC(=O)N1CCN(c2ccccc2F)CC1)C1CCCCCC1. The number of hydrogen-bond donors (Lipinski definition) is 0. The van der Waals surface area contributed by atoms with Gasteiger partial charge in [-0.3, -0.25) is 9.59 Å².